The topological polar surface area (TPSA) is 81.4 Å². The fraction of sp³-hybridized carbons (Fsp3) is 0.133. The minimum Gasteiger partial charge on any atom is -0.465 e. The van der Waals surface area contributed by atoms with Gasteiger partial charge in [0.15, 0.2) is 10.9 Å². The number of thiazole rings is 1. The van der Waals surface area contributed by atoms with Crippen LogP contribution in [0, 0.1) is 6.92 Å². The highest BCUT2D eigenvalue weighted by Crippen LogP contribution is 2.26. The predicted octanol–water partition coefficient (Wildman–Crippen LogP) is 3.24. The van der Waals surface area contributed by atoms with E-state index in [0.29, 0.717) is 15.6 Å². The van der Waals surface area contributed by atoms with E-state index in [0.717, 1.165) is 22.3 Å². The number of amides is 1. The number of benzene rings is 1. The van der Waals surface area contributed by atoms with Crippen LogP contribution in [0.2, 0.25) is 0 Å². The van der Waals surface area contributed by atoms with E-state index in [1.807, 2.05) is 25.1 Å². The molecule has 0 atom stereocenters. The van der Waals surface area contributed by atoms with Crippen LogP contribution in [0.4, 0.5) is 5.13 Å². The zero-order valence-corrected chi connectivity index (χ0v) is 12.7. The molecule has 1 amide bonds. The maximum atomic E-state index is 12.3. The molecule has 0 aliphatic heterocycles. The Morgan fingerprint density at radius 2 is 2.09 bits per heavy atom. The van der Waals surface area contributed by atoms with Gasteiger partial charge in [-0.2, -0.15) is 0 Å². The van der Waals surface area contributed by atoms with Crippen LogP contribution in [-0.4, -0.2) is 24.0 Å². The summed E-state index contributed by atoms with van der Waals surface area (Å²) in [5.41, 5.74) is 1.41. The number of methoxy groups -OCH3 is 1. The predicted molar refractivity (Wildman–Crippen MR) is 82.4 cm³/mol. The minimum atomic E-state index is -0.488. The Bertz CT molecular complexity index is 865. The van der Waals surface area contributed by atoms with E-state index in [1.165, 1.54) is 13.3 Å². The molecule has 22 heavy (non-hydrogen) atoms. The Hall–Kier alpha value is -2.67. The lowest BCUT2D eigenvalue weighted by Gasteiger charge is -1.99. The Labute approximate surface area is 129 Å². The number of para-hydroxylation sites is 1. The summed E-state index contributed by atoms with van der Waals surface area (Å²) >= 11 is 1.04. The number of aryl methyl sites for hydroxylation is 1. The van der Waals surface area contributed by atoms with Crippen molar-refractivity contribution in [1.29, 1.82) is 0 Å². The van der Waals surface area contributed by atoms with Crippen molar-refractivity contribution in [2.45, 2.75) is 6.92 Å². The average molecular weight is 316 g/mol. The van der Waals surface area contributed by atoms with Crippen LogP contribution in [0.25, 0.3) is 11.0 Å². The van der Waals surface area contributed by atoms with Crippen molar-refractivity contribution >= 4 is 39.3 Å². The van der Waals surface area contributed by atoms with E-state index in [1.54, 1.807) is 6.07 Å². The second kappa shape index (κ2) is 5.61. The number of ether oxygens (including phenoxy) is 1. The summed E-state index contributed by atoms with van der Waals surface area (Å²) in [5.74, 6) is -0.659. The molecule has 0 saturated carbocycles. The molecule has 0 unspecified atom stereocenters. The van der Waals surface area contributed by atoms with Gasteiger partial charge in [-0.3, -0.25) is 10.1 Å². The summed E-state index contributed by atoms with van der Waals surface area (Å²) < 4.78 is 10.2. The van der Waals surface area contributed by atoms with Crippen LogP contribution in [0.5, 0.6) is 0 Å². The smallest absolute Gasteiger partial charge is 0.349 e. The molecule has 0 spiro atoms. The van der Waals surface area contributed by atoms with Crippen LogP contribution in [0.15, 0.2) is 34.9 Å². The molecule has 0 bridgehead atoms. The van der Waals surface area contributed by atoms with Gasteiger partial charge in [0, 0.05) is 10.9 Å². The second-order valence-corrected chi connectivity index (χ2v) is 5.56. The summed E-state index contributed by atoms with van der Waals surface area (Å²) in [6.45, 7) is 1.82. The Balaban J connectivity index is 1.85. The third kappa shape index (κ3) is 2.46. The third-order valence-corrected chi connectivity index (χ3v) is 4.06. The van der Waals surface area contributed by atoms with Crippen LogP contribution in [0.1, 0.15) is 25.8 Å². The highest BCUT2D eigenvalue weighted by molar-refractivity contribution is 7.17. The molecule has 3 aromatic rings. The maximum Gasteiger partial charge on any atom is 0.349 e. The molecule has 0 fully saturated rings. The van der Waals surface area contributed by atoms with Gasteiger partial charge in [0.25, 0.3) is 5.91 Å². The lowest BCUT2D eigenvalue weighted by molar-refractivity contribution is 0.0606. The second-order valence-electron chi connectivity index (χ2n) is 4.53. The van der Waals surface area contributed by atoms with Crippen molar-refractivity contribution < 1.29 is 18.7 Å². The van der Waals surface area contributed by atoms with E-state index in [9.17, 15) is 9.59 Å². The molecule has 112 valence electrons. The van der Waals surface area contributed by atoms with Crippen molar-refractivity contribution in [1.82, 2.24) is 4.98 Å². The van der Waals surface area contributed by atoms with Crippen molar-refractivity contribution in [3.05, 3.63) is 46.7 Å². The highest BCUT2D eigenvalue weighted by Gasteiger charge is 2.19. The fourth-order valence-electron chi connectivity index (χ4n) is 2.07. The van der Waals surface area contributed by atoms with Gasteiger partial charge in [-0.05, 0) is 13.0 Å². The van der Waals surface area contributed by atoms with E-state index in [-0.39, 0.29) is 5.76 Å². The maximum absolute atomic E-state index is 12.3. The molecule has 0 saturated heterocycles. The molecule has 0 aliphatic rings. The number of hydrogen-bond donors (Lipinski definition) is 1. The number of hydrogen-bond acceptors (Lipinski definition) is 6. The first-order chi connectivity index (χ1) is 10.6. The molecule has 6 nitrogen and oxygen atoms in total. The summed E-state index contributed by atoms with van der Waals surface area (Å²) in [6, 6.07) is 7.42. The fourth-order valence-corrected chi connectivity index (χ4v) is 2.80. The first-order valence-corrected chi connectivity index (χ1v) is 7.25. The summed E-state index contributed by atoms with van der Waals surface area (Å²) in [4.78, 5) is 28.0. The Kier molecular flexibility index (Phi) is 3.64. The number of furan rings is 1. The van der Waals surface area contributed by atoms with Crippen LogP contribution < -0.4 is 5.32 Å². The lowest BCUT2D eigenvalue weighted by Crippen LogP contribution is -2.11. The number of esters is 1. The molecular weight excluding hydrogens is 304 g/mol. The van der Waals surface area contributed by atoms with E-state index in [2.05, 4.69) is 15.0 Å². The number of carbonyl (C=O) groups is 2. The summed E-state index contributed by atoms with van der Waals surface area (Å²) in [5, 5.41) is 3.83. The molecule has 0 radical (unpaired) electrons. The van der Waals surface area contributed by atoms with Crippen molar-refractivity contribution in [2.75, 3.05) is 12.4 Å². The molecule has 2 heterocycles. The van der Waals surface area contributed by atoms with Gasteiger partial charge in [0.1, 0.15) is 10.5 Å². The molecule has 7 heteroatoms. The molecular formula is C15H12N2O4S. The van der Waals surface area contributed by atoms with Gasteiger partial charge in [-0.15, -0.1) is 0 Å². The number of anilines is 1. The summed E-state index contributed by atoms with van der Waals surface area (Å²) in [7, 11) is 1.29. The van der Waals surface area contributed by atoms with Crippen LogP contribution in [0.3, 0.4) is 0 Å². The number of nitrogens with one attached hydrogen (secondary N) is 1. The summed E-state index contributed by atoms with van der Waals surface area (Å²) in [6.07, 6.45) is 1.36. The zero-order chi connectivity index (χ0) is 15.7. The van der Waals surface area contributed by atoms with Gasteiger partial charge < -0.3 is 9.15 Å². The molecule has 1 aromatic carbocycles. The molecule has 1 N–H and O–H groups in total. The average Bonchev–Trinajstić information content (AvgIpc) is 3.12. The van der Waals surface area contributed by atoms with Gasteiger partial charge in [-0.25, -0.2) is 9.78 Å². The van der Waals surface area contributed by atoms with Crippen molar-refractivity contribution in [2.24, 2.45) is 0 Å². The molecule has 3 rings (SSSR count). The standard InChI is InChI=1S/C15H12N2O4S/c1-8-9-5-3-4-6-10(9)21-12(8)13(18)17-15-16-7-11(22-15)14(19)20-2/h3-7H,1-2H3,(H,16,17,18). The normalized spacial score (nSPS) is 10.6. The Morgan fingerprint density at radius 3 is 2.82 bits per heavy atom. The lowest BCUT2D eigenvalue weighted by atomic mass is 10.1. The number of aromatic nitrogens is 1. The van der Waals surface area contributed by atoms with E-state index < -0.39 is 11.9 Å². The van der Waals surface area contributed by atoms with Crippen molar-refractivity contribution in [3.8, 4) is 0 Å². The monoisotopic (exact) mass is 316 g/mol. The largest absolute Gasteiger partial charge is 0.465 e. The van der Waals surface area contributed by atoms with E-state index >= 15 is 0 Å². The quantitative estimate of drug-likeness (QED) is 0.750. The van der Waals surface area contributed by atoms with Gasteiger partial charge in [0.2, 0.25) is 0 Å². The Morgan fingerprint density at radius 1 is 1.32 bits per heavy atom. The SMILES string of the molecule is COC(=O)c1cnc(NC(=O)c2oc3ccccc3c2C)s1. The van der Waals surface area contributed by atoms with Crippen molar-refractivity contribution in [3.63, 3.8) is 0 Å². The third-order valence-electron chi connectivity index (χ3n) is 3.16. The number of nitrogens with zero attached hydrogens (tertiary/aromatic N) is 1. The molecule has 0 aliphatic carbocycles. The first kappa shape index (κ1) is 14.3. The van der Waals surface area contributed by atoms with Gasteiger partial charge in [0.05, 0.1) is 13.3 Å². The van der Waals surface area contributed by atoms with Crippen LogP contribution >= 0.6 is 11.3 Å². The molecule has 2 aromatic heterocycles. The number of fused-ring (bicyclic) bond motifs is 1. The number of carbonyl (C=O) groups excluding carboxylic acids is 2. The van der Waals surface area contributed by atoms with Crippen LogP contribution in [-0.2, 0) is 4.74 Å². The number of rotatable bonds is 3. The minimum absolute atomic E-state index is 0.232. The first-order valence-electron chi connectivity index (χ1n) is 6.43. The van der Waals surface area contributed by atoms with Gasteiger partial charge >= 0.3 is 5.97 Å². The zero-order valence-electron chi connectivity index (χ0n) is 11.9. The van der Waals surface area contributed by atoms with E-state index in [4.69, 9.17) is 4.42 Å². The van der Waals surface area contributed by atoms with Gasteiger partial charge in [-0.1, -0.05) is 29.5 Å². The highest BCUT2D eigenvalue weighted by atomic mass is 32.1.